The molecule has 31 heavy (non-hydrogen) atoms. The molecule has 0 unspecified atom stereocenters. The lowest BCUT2D eigenvalue weighted by molar-refractivity contribution is -0.384. The van der Waals surface area contributed by atoms with Gasteiger partial charge in [0.25, 0.3) is 5.69 Å². The number of amides is 1. The number of carbonyl (C=O) groups excluding carboxylic acids is 1. The number of aryl methyl sites for hydroxylation is 1. The van der Waals surface area contributed by atoms with E-state index in [0.29, 0.717) is 11.3 Å². The van der Waals surface area contributed by atoms with Gasteiger partial charge in [-0.1, -0.05) is 6.07 Å². The maximum atomic E-state index is 12.9. The van der Waals surface area contributed by atoms with Gasteiger partial charge in [-0.05, 0) is 56.5 Å². The van der Waals surface area contributed by atoms with Gasteiger partial charge < -0.3 is 10.2 Å². The van der Waals surface area contributed by atoms with Gasteiger partial charge in [-0.3, -0.25) is 19.2 Å². The predicted molar refractivity (Wildman–Crippen MR) is 121 cm³/mol. The molecule has 166 valence electrons. The quantitative estimate of drug-likeness (QED) is 0.516. The van der Waals surface area contributed by atoms with Crippen molar-refractivity contribution < 1.29 is 18.1 Å². The van der Waals surface area contributed by atoms with Crippen molar-refractivity contribution in [3.8, 4) is 0 Å². The van der Waals surface area contributed by atoms with Crippen LogP contribution in [0.25, 0.3) is 0 Å². The number of nitrogens with zero attached hydrogens (tertiary/aromatic N) is 3. The molecule has 0 radical (unpaired) electrons. The molecular formula is C21H26N4O5S. The first-order valence-corrected chi connectivity index (χ1v) is 11.8. The third-order valence-corrected chi connectivity index (χ3v) is 6.56. The number of nitro groups is 1. The number of nitro benzene ring substituents is 1. The summed E-state index contributed by atoms with van der Waals surface area (Å²) in [6.45, 7) is 5.11. The molecule has 1 atom stereocenters. The Bertz CT molecular complexity index is 1080. The van der Waals surface area contributed by atoms with E-state index in [4.69, 9.17) is 0 Å². The summed E-state index contributed by atoms with van der Waals surface area (Å²) < 4.78 is 26.0. The Morgan fingerprint density at radius 1 is 1.16 bits per heavy atom. The summed E-state index contributed by atoms with van der Waals surface area (Å²) in [5.41, 5.74) is 1.98. The lowest BCUT2D eigenvalue weighted by Gasteiger charge is -2.29. The number of nitrogens with one attached hydrogen (secondary N) is 1. The van der Waals surface area contributed by atoms with Crippen molar-refractivity contribution in [1.82, 2.24) is 0 Å². The maximum Gasteiger partial charge on any atom is 0.271 e. The van der Waals surface area contributed by atoms with E-state index < -0.39 is 26.9 Å². The van der Waals surface area contributed by atoms with Gasteiger partial charge in [0, 0.05) is 36.6 Å². The van der Waals surface area contributed by atoms with Crippen LogP contribution in [-0.2, 0) is 14.8 Å². The Labute approximate surface area is 181 Å². The van der Waals surface area contributed by atoms with Gasteiger partial charge in [-0.25, -0.2) is 8.42 Å². The molecule has 1 aliphatic heterocycles. The maximum absolute atomic E-state index is 12.9. The Morgan fingerprint density at radius 2 is 1.77 bits per heavy atom. The Morgan fingerprint density at radius 3 is 2.32 bits per heavy atom. The summed E-state index contributed by atoms with van der Waals surface area (Å²) in [5.74, 6) is -0.537. The van der Waals surface area contributed by atoms with E-state index in [9.17, 15) is 23.3 Å². The van der Waals surface area contributed by atoms with Crippen molar-refractivity contribution >= 4 is 38.7 Å². The van der Waals surface area contributed by atoms with Crippen LogP contribution < -0.4 is 14.5 Å². The number of hydrogen-bond donors (Lipinski definition) is 1. The molecule has 1 heterocycles. The van der Waals surface area contributed by atoms with Gasteiger partial charge in [0.15, 0.2) is 0 Å². The average molecular weight is 447 g/mol. The SMILES string of the molecule is Cc1ccc([N+](=O)[O-])cc1N([C@@H](C)C(=O)Nc1ccc(N2CCCC2)cc1)S(C)(=O)=O. The second-order valence-electron chi connectivity index (χ2n) is 7.69. The van der Waals surface area contributed by atoms with Gasteiger partial charge in [-0.2, -0.15) is 0 Å². The monoisotopic (exact) mass is 446 g/mol. The molecule has 2 aromatic carbocycles. The molecule has 3 rings (SSSR count). The highest BCUT2D eigenvalue weighted by Gasteiger charge is 2.31. The van der Waals surface area contributed by atoms with E-state index in [1.165, 1.54) is 25.1 Å². The topological polar surface area (TPSA) is 113 Å². The molecule has 0 aromatic heterocycles. The van der Waals surface area contributed by atoms with Crippen LogP contribution in [0.3, 0.4) is 0 Å². The van der Waals surface area contributed by atoms with E-state index in [1.807, 2.05) is 12.1 Å². The summed E-state index contributed by atoms with van der Waals surface area (Å²) in [6, 6.07) is 10.2. The van der Waals surface area contributed by atoms with Gasteiger partial charge in [0.05, 0.1) is 16.9 Å². The Balaban J connectivity index is 1.84. The van der Waals surface area contributed by atoms with Crippen LogP contribution in [0.2, 0.25) is 0 Å². The van der Waals surface area contributed by atoms with Crippen LogP contribution in [0.5, 0.6) is 0 Å². The first-order chi connectivity index (χ1) is 14.6. The highest BCUT2D eigenvalue weighted by molar-refractivity contribution is 7.92. The second kappa shape index (κ2) is 8.93. The van der Waals surface area contributed by atoms with Gasteiger partial charge in [0.1, 0.15) is 6.04 Å². The van der Waals surface area contributed by atoms with Crippen molar-refractivity contribution in [3.63, 3.8) is 0 Å². The number of anilines is 3. The zero-order chi connectivity index (χ0) is 22.8. The lowest BCUT2D eigenvalue weighted by atomic mass is 10.1. The fourth-order valence-electron chi connectivity index (χ4n) is 3.71. The summed E-state index contributed by atoms with van der Waals surface area (Å²) in [4.78, 5) is 25.7. The molecule has 0 aliphatic carbocycles. The van der Waals surface area contributed by atoms with Crippen molar-refractivity contribution in [2.75, 3.05) is 33.9 Å². The first kappa shape index (κ1) is 22.5. The van der Waals surface area contributed by atoms with E-state index >= 15 is 0 Å². The molecule has 10 heteroatoms. The molecule has 1 aliphatic rings. The minimum Gasteiger partial charge on any atom is -0.372 e. The van der Waals surface area contributed by atoms with Gasteiger partial charge >= 0.3 is 0 Å². The third kappa shape index (κ3) is 5.13. The molecular weight excluding hydrogens is 420 g/mol. The fraction of sp³-hybridized carbons (Fsp3) is 0.381. The van der Waals surface area contributed by atoms with E-state index in [2.05, 4.69) is 10.2 Å². The number of hydrogen-bond acceptors (Lipinski definition) is 6. The second-order valence-corrected chi connectivity index (χ2v) is 9.55. The highest BCUT2D eigenvalue weighted by atomic mass is 32.2. The van der Waals surface area contributed by atoms with Crippen molar-refractivity contribution in [1.29, 1.82) is 0 Å². The lowest BCUT2D eigenvalue weighted by Crippen LogP contribution is -2.45. The molecule has 1 N–H and O–H groups in total. The van der Waals surface area contributed by atoms with E-state index in [0.717, 1.165) is 42.2 Å². The van der Waals surface area contributed by atoms with Crippen molar-refractivity contribution in [2.45, 2.75) is 32.7 Å². The predicted octanol–water partition coefficient (Wildman–Crippen LogP) is 3.30. The Kier molecular flexibility index (Phi) is 6.49. The molecule has 1 amide bonds. The molecule has 9 nitrogen and oxygen atoms in total. The number of benzene rings is 2. The number of rotatable bonds is 7. The molecule has 0 saturated carbocycles. The molecule has 0 bridgehead atoms. The number of sulfonamides is 1. The third-order valence-electron chi connectivity index (χ3n) is 5.34. The van der Waals surface area contributed by atoms with Crippen LogP contribution in [-0.4, -0.2) is 44.6 Å². The summed E-state index contributed by atoms with van der Waals surface area (Å²) in [5, 5.41) is 13.9. The zero-order valence-corrected chi connectivity index (χ0v) is 18.6. The standard InChI is InChI=1S/C21H26N4O5S/c1-15-6-9-19(25(27)28)14-20(15)24(31(3,29)30)16(2)21(26)22-17-7-10-18(11-8-17)23-12-4-5-13-23/h6-11,14,16H,4-5,12-13H2,1-3H3,(H,22,26)/t16-/m0/s1. The summed E-state index contributed by atoms with van der Waals surface area (Å²) in [6.07, 6.45) is 3.29. The minimum absolute atomic E-state index is 0.101. The van der Waals surface area contributed by atoms with E-state index in [-0.39, 0.29) is 11.4 Å². The van der Waals surface area contributed by atoms with Crippen LogP contribution in [0, 0.1) is 17.0 Å². The van der Waals surface area contributed by atoms with Crippen LogP contribution >= 0.6 is 0 Å². The van der Waals surface area contributed by atoms with Crippen LogP contribution in [0.15, 0.2) is 42.5 Å². The van der Waals surface area contributed by atoms with E-state index in [1.54, 1.807) is 19.1 Å². The van der Waals surface area contributed by atoms with Crippen molar-refractivity contribution in [3.05, 3.63) is 58.1 Å². The molecule has 2 aromatic rings. The number of non-ortho nitro benzene ring substituents is 1. The fourth-order valence-corrected chi connectivity index (χ4v) is 4.93. The van der Waals surface area contributed by atoms with Crippen molar-refractivity contribution in [2.24, 2.45) is 0 Å². The summed E-state index contributed by atoms with van der Waals surface area (Å²) in [7, 11) is -3.89. The van der Waals surface area contributed by atoms with Gasteiger partial charge in [0.2, 0.25) is 15.9 Å². The smallest absolute Gasteiger partial charge is 0.271 e. The first-order valence-electron chi connectivity index (χ1n) is 9.98. The highest BCUT2D eigenvalue weighted by Crippen LogP contribution is 2.30. The van der Waals surface area contributed by atoms with Gasteiger partial charge in [-0.15, -0.1) is 0 Å². The molecule has 0 spiro atoms. The molecule has 1 saturated heterocycles. The number of carbonyl (C=O) groups is 1. The average Bonchev–Trinajstić information content (AvgIpc) is 3.23. The molecule has 1 fully saturated rings. The van der Waals surface area contributed by atoms with Crippen LogP contribution in [0.4, 0.5) is 22.7 Å². The Hall–Kier alpha value is -3.14. The zero-order valence-electron chi connectivity index (χ0n) is 17.7. The van der Waals surface area contributed by atoms with Crippen LogP contribution in [0.1, 0.15) is 25.3 Å². The largest absolute Gasteiger partial charge is 0.372 e. The summed E-state index contributed by atoms with van der Waals surface area (Å²) >= 11 is 0. The minimum atomic E-state index is -3.89. The normalized spacial score (nSPS) is 14.9.